The summed E-state index contributed by atoms with van der Waals surface area (Å²) in [6.45, 7) is 5.83. The molecule has 142 valence electrons. The van der Waals surface area contributed by atoms with E-state index in [1.807, 2.05) is 0 Å². The van der Waals surface area contributed by atoms with Gasteiger partial charge in [-0.15, -0.1) is 0 Å². The summed E-state index contributed by atoms with van der Waals surface area (Å²) in [5, 5.41) is 10.7. The lowest BCUT2D eigenvalue weighted by molar-refractivity contribution is 0.0377. The second-order valence-electron chi connectivity index (χ2n) is 6.21. The Morgan fingerprint density at radius 3 is 2.33 bits per heavy atom. The zero-order valence-corrected chi connectivity index (χ0v) is 15.5. The van der Waals surface area contributed by atoms with Crippen LogP contribution in [0, 0.1) is 0 Å². The number of carbonyl (C=O) groups is 2. The molecule has 0 aliphatic heterocycles. The first kappa shape index (κ1) is 20.4. The van der Waals surface area contributed by atoms with Gasteiger partial charge in [-0.2, -0.15) is 5.06 Å². The second kappa shape index (κ2) is 10.3. The molecule has 0 aromatic heterocycles. The first-order valence-corrected chi connectivity index (χ1v) is 9.08. The van der Waals surface area contributed by atoms with Gasteiger partial charge < -0.3 is 4.74 Å². The van der Waals surface area contributed by atoms with Crippen molar-refractivity contribution in [2.45, 2.75) is 38.7 Å². The molecule has 0 fully saturated rings. The first-order valence-electron chi connectivity index (χ1n) is 9.08. The molecule has 0 aliphatic carbocycles. The van der Waals surface area contributed by atoms with Crippen molar-refractivity contribution in [3.8, 4) is 0 Å². The molecule has 5 nitrogen and oxygen atoms in total. The SMILES string of the molecule is C=CC(CCCCC)OC(=O)c1ccc(N(O)C(=O)c2ccccc2)cc1. The van der Waals surface area contributed by atoms with E-state index in [2.05, 4.69) is 13.5 Å². The van der Waals surface area contributed by atoms with E-state index in [0.29, 0.717) is 16.2 Å². The molecule has 0 bridgehead atoms. The third-order valence-electron chi connectivity index (χ3n) is 4.17. The number of nitrogens with zero attached hydrogens (tertiary/aromatic N) is 1. The van der Waals surface area contributed by atoms with Gasteiger partial charge in [0.05, 0.1) is 11.3 Å². The van der Waals surface area contributed by atoms with Crippen LogP contribution in [0.4, 0.5) is 5.69 Å². The number of hydrogen-bond acceptors (Lipinski definition) is 4. The minimum absolute atomic E-state index is 0.267. The quantitative estimate of drug-likeness (QED) is 0.222. The molecule has 0 radical (unpaired) electrons. The van der Waals surface area contributed by atoms with Gasteiger partial charge in [0.2, 0.25) is 0 Å². The predicted molar refractivity (Wildman–Crippen MR) is 105 cm³/mol. The van der Waals surface area contributed by atoms with Crippen LogP contribution in [0.3, 0.4) is 0 Å². The highest BCUT2D eigenvalue weighted by Gasteiger charge is 2.17. The van der Waals surface area contributed by atoms with E-state index in [1.54, 1.807) is 36.4 Å². The van der Waals surface area contributed by atoms with Crippen molar-refractivity contribution in [2.24, 2.45) is 0 Å². The van der Waals surface area contributed by atoms with Gasteiger partial charge in [0.1, 0.15) is 6.10 Å². The molecule has 27 heavy (non-hydrogen) atoms. The highest BCUT2D eigenvalue weighted by Crippen LogP contribution is 2.18. The monoisotopic (exact) mass is 367 g/mol. The van der Waals surface area contributed by atoms with Crippen molar-refractivity contribution in [2.75, 3.05) is 5.06 Å². The Kier molecular flexibility index (Phi) is 7.77. The van der Waals surface area contributed by atoms with E-state index in [1.165, 1.54) is 24.3 Å². The smallest absolute Gasteiger partial charge is 0.338 e. The summed E-state index contributed by atoms with van der Waals surface area (Å²) < 4.78 is 5.45. The average Bonchev–Trinajstić information content (AvgIpc) is 2.72. The largest absolute Gasteiger partial charge is 0.455 e. The number of amides is 1. The summed E-state index contributed by atoms with van der Waals surface area (Å²) in [5.41, 5.74) is 0.981. The van der Waals surface area contributed by atoms with Crippen LogP contribution in [0.2, 0.25) is 0 Å². The standard InChI is InChI=1S/C22H25NO4/c1-3-5-7-12-20(4-2)27-22(25)18-13-15-19(16-14-18)23(26)21(24)17-10-8-6-9-11-17/h4,6,8-11,13-16,20,26H,2-3,5,7,12H2,1H3. The molecule has 2 rings (SSSR count). The number of carbonyl (C=O) groups excluding carboxylic acids is 2. The van der Waals surface area contributed by atoms with Crippen molar-refractivity contribution in [1.29, 1.82) is 0 Å². The van der Waals surface area contributed by atoms with Gasteiger partial charge in [-0.1, -0.05) is 50.6 Å². The number of ether oxygens (including phenoxy) is 1. The Labute approximate surface area is 159 Å². The average molecular weight is 367 g/mol. The molecular weight excluding hydrogens is 342 g/mol. The van der Waals surface area contributed by atoms with E-state index in [0.717, 1.165) is 25.7 Å². The Hall–Kier alpha value is -2.92. The third-order valence-corrected chi connectivity index (χ3v) is 4.17. The Bertz CT molecular complexity index is 756. The second-order valence-corrected chi connectivity index (χ2v) is 6.21. The van der Waals surface area contributed by atoms with Gasteiger partial charge in [-0.25, -0.2) is 4.79 Å². The number of anilines is 1. The van der Waals surface area contributed by atoms with Crippen LogP contribution >= 0.6 is 0 Å². The fourth-order valence-electron chi connectivity index (χ4n) is 2.58. The van der Waals surface area contributed by atoms with Crippen LogP contribution < -0.4 is 5.06 Å². The molecule has 2 aromatic carbocycles. The fraction of sp³-hybridized carbons (Fsp3) is 0.273. The summed E-state index contributed by atoms with van der Waals surface area (Å²) >= 11 is 0. The number of benzene rings is 2. The van der Waals surface area contributed by atoms with Crippen LogP contribution in [0.5, 0.6) is 0 Å². The van der Waals surface area contributed by atoms with Crippen molar-refractivity contribution < 1.29 is 19.5 Å². The van der Waals surface area contributed by atoms with Gasteiger partial charge in [-0.3, -0.25) is 10.0 Å². The summed E-state index contributed by atoms with van der Waals surface area (Å²) in [5.74, 6) is -1.00. The zero-order chi connectivity index (χ0) is 19.6. The normalized spacial score (nSPS) is 11.5. The number of esters is 1. The van der Waals surface area contributed by atoms with Crippen molar-refractivity contribution >= 4 is 17.6 Å². The summed E-state index contributed by atoms with van der Waals surface area (Å²) in [4.78, 5) is 24.5. The molecule has 1 atom stereocenters. The van der Waals surface area contributed by atoms with Crippen molar-refractivity contribution in [3.05, 3.63) is 78.4 Å². The van der Waals surface area contributed by atoms with Crippen LogP contribution in [0.15, 0.2) is 67.3 Å². The van der Waals surface area contributed by atoms with Gasteiger partial charge in [0.15, 0.2) is 0 Å². The van der Waals surface area contributed by atoms with E-state index in [-0.39, 0.29) is 11.8 Å². The van der Waals surface area contributed by atoms with Crippen LogP contribution in [-0.2, 0) is 4.74 Å². The van der Waals surface area contributed by atoms with Gasteiger partial charge >= 0.3 is 5.97 Å². The fourth-order valence-corrected chi connectivity index (χ4v) is 2.58. The Morgan fingerprint density at radius 2 is 1.74 bits per heavy atom. The molecule has 0 heterocycles. The maximum atomic E-state index is 12.3. The Morgan fingerprint density at radius 1 is 1.07 bits per heavy atom. The lowest BCUT2D eigenvalue weighted by atomic mass is 10.1. The molecule has 0 spiro atoms. The minimum atomic E-state index is -0.548. The topological polar surface area (TPSA) is 66.8 Å². The van der Waals surface area contributed by atoms with Crippen LogP contribution in [-0.4, -0.2) is 23.2 Å². The highest BCUT2D eigenvalue weighted by molar-refractivity contribution is 6.04. The molecule has 1 amide bonds. The molecular formula is C22H25NO4. The molecule has 1 unspecified atom stereocenters. The van der Waals surface area contributed by atoms with Crippen LogP contribution in [0.25, 0.3) is 0 Å². The zero-order valence-electron chi connectivity index (χ0n) is 15.5. The predicted octanol–water partition coefficient (Wildman–Crippen LogP) is 5.01. The molecule has 5 heteroatoms. The number of unbranched alkanes of at least 4 members (excludes halogenated alkanes) is 2. The van der Waals surface area contributed by atoms with E-state index >= 15 is 0 Å². The van der Waals surface area contributed by atoms with E-state index < -0.39 is 11.9 Å². The van der Waals surface area contributed by atoms with Gasteiger partial charge in [0.25, 0.3) is 5.91 Å². The van der Waals surface area contributed by atoms with E-state index in [4.69, 9.17) is 4.74 Å². The minimum Gasteiger partial charge on any atom is -0.455 e. The third kappa shape index (κ3) is 5.79. The van der Waals surface area contributed by atoms with E-state index in [9.17, 15) is 14.8 Å². The maximum absolute atomic E-state index is 12.3. The van der Waals surface area contributed by atoms with Gasteiger partial charge in [0, 0.05) is 5.56 Å². The van der Waals surface area contributed by atoms with Crippen LogP contribution in [0.1, 0.15) is 53.3 Å². The number of hydroxylamine groups is 1. The lowest BCUT2D eigenvalue weighted by Gasteiger charge is -2.16. The van der Waals surface area contributed by atoms with Gasteiger partial charge in [-0.05, 0) is 49.2 Å². The molecule has 2 aromatic rings. The molecule has 1 N–H and O–H groups in total. The van der Waals surface area contributed by atoms with Crippen molar-refractivity contribution in [1.82, 2.24) is 0 Å². The molecule has 0 aliphatic rings. The maximum Gasteiger partial charge on any atom is 0.338 e. The first-order chi connectivity index (χ1) is 13.1. The summed E-state index contributed by atoms with van der Waals surface area (Å²) in [7, 11) is 0. The molecule has 0 saturated heterocycles. The number of hydrogen-bond donors (Lipinski definition) is 1. The number of rotatable bonds is 9. The lowest BCUT2D eigenvalue weighted by Crippen LogP contribution is -2.27. The summed E-state index contributed by atoms with van der Waals surface area (Å²) in [6.07, 6.45) is 5.21. The highest BCUT2D eigenvalue weighted by atomic mass is 16.5. The Balaban J connectivity index is 2.00. The summed E-state index contributed by atoms with van der Waals surface area (Å²) in [6, 6.07) is 14.5. The molecule has 0 saturated carbocycles. The van der Waals surface area contributed by atoms with Crippen molar-refractivity contribution in [3.63, 3.8) is 0 Å².